The summed E-state index contributed by atoms with van der Waals surface area (Å²) < 4.78 is 13.5. The molecule has 0 fully saturated rings. The molecule has 0 atom stereocenters. The number of rotatable bonds is 2. The highest BCUT2D eigenvalue weighted by Gasteiger charge is 2.18. The van der Waals surface area contributed by atoms with Gasteiger partial charge in [0.25, 0.3) is 0 Å². The van der Waals surface area contributed by atoms with Crippen molar-refractivity contribution in [3.63, 3.8) is 0 Å². The zero-order valence-electron chi connectivity index (χ0n) is 11.5. The van der Waals surface area contributed by atoms with Crippen LogP contribution in [0.3, 0.4) is 0 Å². The second-order valence-electron chi connectivity index (χ2n) is 5.62. The zero-order valence-corrected chi connectivity index (χ0v) is 11.5. The van der Waals surface area contributed by atoms with Crippen LogP contribution in [0.4, 0.5) is 21.5 Å². The third-order valence-corrected chi connectivity index (χ3v) is 3.06. The van der Waals surface area contributed by atoms with Gasteiger partial charge >= 0.3 is 0 Å². The van der Waals surface area contributed by atoms with Crippen LogP contribution in [-0.4, -0.2) is 0 Å². The van der Waals surface area contributed by atoms with Crippen LogP contribution in [0.15, 0.2) is 42.5 Å². The van der Waals surface area contributed by atoms with E-state index in [1.165, 1.54) is 11.6 Å². The molecule has 0 aliphatic heterocycles. The van der Waals surface area contributed by atoms with Crippen molar-refractivity contribution in [1.29, 1.82) is 0 Å². The van der Waals surface area contributed by atoms with E-state index in [4.69, 9.17) is 5.73 Å². The maximum atomic E-state index is 13.5. The van der Waals surface area contributed by atoms with Gasteiger partial charge in [-0.15, -0.1) is 0 Å². The fourth-order valence-electron chi connectivity index (χ4n) is 2.04. The summed E-state index contributed by atoms with van der Waals surface area (Å²) in [6.45, 7) is 6.42. The average Bonchev–Trinajstić information content (AvgIpc) is 2.34. The monoisotopic (exact) mass is 258 g/mol. The Bertz CT molecular complexity index is 586. The molecule has 100 valence electrons. The van der Waals surface area contributed by atoms with Crippen LogP contribution in [-0.2, 0) is 5.41 Å². The van der Waals surface area contributed by atoms with E-state index < -0.39 is 5.82 Å². The summed E-state index contributed by atoms with van der Waals surface area (Å²) in [5.41, 5.74) is 8.61. The van der Waals surface area contributed by atoms with Gasteiger partial charge in [0.15, 0.2) is 0 Å². The minimum absolute atomic E-state index is 0.00564. The van der Waals surface area contributed by atoms with Crippen LogP contribution in [0.25, 0.3) is 0 Å². The van der Waals surface area contributed by atoms with Gasteiger partial charge in [-0.1, -0.05) is 45.0 Å². The Labute approximate surface area is 113 Å². The number of hydrogen-bond acceptors (Lipinski definition) is 2. The van der Waals surface area contributed by atoms with Gasteiger partial charge < -0.3 is 11.1 Å². The van der Waals surface area contributed by atoms with Crippen LogP contribution >= 0.6 is 0 Å². The van der Waals surface area contributed by atoms with Crippen molar-refractivity contribution in [2.75, 3.05) is 11.1 Å². The maximum Gasteiger partial charge on any atom is 0.148 e. The first-order chi connectivity index (χ1) is 8.89. The van der Waals surface area contributed by atoms with E-state index >= 15 is 0 Å². The topological polar surface area (TPSA) is 38.0 Å². The van der Waals surface area contributed by atoms with E-state index in [0.29, 0.717) is 5.69 Å². The molecule has 2 aromatic rings. The third-order valence-electron chi connectivity index (χ3n) is 3.06. The minimum Gasteiger partial charge on any atom is -0.395 e. The van der Waals surface area contributed by atoms with Crippen LogP contribution in [0.2, 0.25) is 0 Å². The number of anilines is 3. The lowest BCUT2D eigenvalue weighted by molar-refractivity contribution is 0.592. The molecule has 0 heterocycles. The molecule has 0 aliphatic rings. The Hall–Kier alpha value is -2.03. The first-order valence-electron chi connectivity index (χ1n) is 6.30. The maximum absolute atomic E-state index is 13.5. The standard InChI is InChI=1S/C16H19FN2/c1-16(2,3)11-7-4-5-9-13(11)19-14-10-6-8-12(17)15(14)18/h4-10,19H,18H2,1-3H3. The van der Waals surface area contributed by atoms with Crippen molar-refractivity contribution < 1.29 is 4.39 Å². The SMILES string of the molecule is CC(C)(C)c1ccccc1Nc1cccc(F)c1N. The summed E-state index contributed by atoms with van der Waals surface area (Å²) in [7, 11) is 0. The van der Waals surface area contributed by atoms with Gasteiger partial charge in [0.2, 0.25) is 0 Å². The first-order valence-corrected chi connectivity index (χ1v) is 6.30. The average molecular weight is 258 g/mol. The van der Waals surface area contributed by atoms with Gasteiger partial charge in [-0.2, -0.15) is 0 Å². The van der Waals surface area contributed by atoms with Gasteiger partial charge in [-0.3, -0.25) is 0 Å². The highest BCUT2D eigenvalue weighted by Crippen LogP contribution is 2.33. The molecule has 0 saturated heterocycles. The van der Waals surface area contributed by atoms with Gasteiger partial charge in [-0.05, 0) is 29.2 Å². The van der Waals surface area contributed by atoms with E-state index in [-0.39, 0.29) is 11.1 Å². The molecule has 19 heavy (non-hydrogen) atoms. The Morgan fingerprint density at radius 2 is 1.58 bits per heavy atom. The molecule has 3 N–H and O–H groups in total. The van der Waals surface area contributed by atoms with Gasteiger partial charge in [0.05, 0.1) is 11.4 Å². The summed E-state index contributed by atoms with van der Waals surface area (Å²) >= 11 is 0. The van der Waals surface area contributed by atoms with E-state index in [2.05, 4.69) is 32.2 Å². The molecule has 0 radical (unpaired) electrons. The smallest absolute Gasteiger partial charge is 0.148 e. The highest BCUT2D eigenvalue weighted by atomic mass is 19.1. The van der Waals surface area contributed by atoms with Crippen molar-refractivity contribution in [3.05, 3.63) is 53.8 Å². The summed E-state index contributed by atoms with van der Waals surface area (Å²) in [4.78, 5) is 0. The Balaban J connectivity index is 2.42. The lowest BCUT2D eigenvalue weighted by atomic mass is 9.86. The van der Waals surface area contributed by atoms with Crippen LogP contribution in [0.1, 0.15) is 26.3 Å². The fourth-order valence-corrected chi connectivity index (χ4v) is 2.04. The molecule has 0 spiro atoms. The van der Waals surface area contributed by atoms with Gasteiger partial charge in [0.1, 0.15) is 5.82 Å². The largest absolute Gasteiger partial charge is 0.395 e. The van der Waals surface area contributed by atoms with Gasteiger partial charge in [-0.25, -0.2) is 4.39 Å². The molecule has 0 bridgehead atoms. The molecule has 3 heteroatoms. The zero-order chi connectivity index (χ0) is 14.0. The molecule has 0 amide bonds. The molecule has 0 unspecified atom stereocenters. The molecule has 0 aliphatic carbocycles. The van der Waals surface area contributed by atoms with Crippen molar-refractivity contribution in [2.45, 2.75) is 26.2 Å². The lowest BCUT2D eigenvalue weighted by Crippen LogP contribution is -2.13. The van der Waals surface area contributed by atoms with Gasteiger partial charge in [0, 0.05) is 5.69 Å². The van der Waals surface area contributed by atoms with Crippen molar-refractivity contribution in [3.8, 4) is 0 Å². The van der Waals surface area contributed by atoms with E-state index in [1.807, 2.05) is 18.2 Å². The number of para-hydroxylation sites is 2. The predicted molar refractivity (Wildman–Crippen MR) is 79.2 cm³/mol. The second kappa shape index (κ2) is 4.92. The first kappa shape index (κ1) is 13.4. The fraction of sp³-hybridized carbons (Fsp3) is 0.250. The third kappa shape index (κ3) is 2.87. The van der Waals surface area contributed by atoms with Crippen molar-refractivity contribution >= 4 is 17.1 Å². The summed E-state index contributed by atoms with van der Waals surface area (Å²) in [5.74, 6) is -0.404. The van der Waals surface area contributed by atoms with Crippen LogP contribution in [0.5, 0.6) is 0 Å². The van der Waals surface area contributed by atoms with E-state index in [9.17, 15) is 4.39 Å². The number of nitrogens with one attached hydrogen (secondary N) is 1. The summed E-state index contributed by atoms with van der Waals surface area (Å²) in [6.07, 6.45) is 0. The van der Waals surface area contributed by atoms with Crippen LogP contribution < -0.4 is 11.1 Å². The van der Waals surface area contributed by atoms with Crippen molar-refractivity contribution in [2.24, 2.45) is 0 Å². The molecular weight excluding hydrogens is 239 g/mol. The molecule has 2 rings (SSSR count). The minimum atomic E-state index is -0.404. The second-order valence-corrected chi connectivity index (χ2v) is 5.62. The number of hydrogen-bond donors (Lipinski definition) is 2. The molecular formula is C16H19FN2. The summed E-state index contributed by atoms with van der Waals surface area (Å²) in [6, 6.07) is 12.8. The quantitative estimate of drug-likeness (QED) is 0.781. The molecule has 0 saturated carbocycles. The van der Waals surface area contributed by atoms with Crippen molar-refractivity contribution in [1.82, 2.24) is 0 Å². The highest BCUT2D eigenvalue weighted by molar-refractivity contribution is 5.74. The number of nitrogens with two attached hydrogens (primary N) is 1. The number of benzene rings is 2. The number of nitrogen functional groups attached to an aromatic ring is 1. The Morgan fingerprint density at radius 1 is 0.947 bits per heavy atom. The van der Waals surface area contributed by atoms with Crippen LogP contribution in [0, 0.1) is 5.82 Å². The Morgan fingerprint density at radius 3 is 2.26 bits per heavy atom. The predicted octanol–water partition coefficient (Wildman–Crippen LogP) is 4.45. The van der Waals surface area contributed by atoms with E-state index in [0.717, 1.165) is 5.69 Å². The lowest BCUT2D eigenvalue weighted by Gasteiger charge is -2.23. The summed E-state index contributed by atoms with van der Waals surface area (Å²) in [5, 5.41) is 3.22. The normalized spacial score (nSPS) is 11.4. The van der Waals surface area contributed by atoms with E-state index in [1.54, 1.807) is 12.1 Å². The molecule has 2 nitrogen and oxygen atoms in total. The molecule has 2 aromatic carbocycles. The number of halogens is 1. The molecule has 0 aromatic heterocycles. The Kier molecular flexibility index (Phi) is 3.47.